The molecule has 1 saturated heterocycles. The lowest BCUT2D eigenvalue weighted by Crippen LogP contribution is -2.35. The fourth-order valence-electron chi connectivity index (χ4n) is 2.02. The van der Waals surface area contributed by atoms with Crippen LogP contribution in [0.25, 0.3) is 0 Å². The second-order valence-electron chi connectivity index (χ2n) is 4.95. The molecule has 0 N–H and O–H groups in total. The van der Waals surface area contributed by atoms with Crippen molar-refractivity contribution in [1.82, 2.24) is 0 Å². The highest BCUT2D eigenvalue weighted by atomic mass is 28.4. The first kappa shape index (κ1) is 10.9. The van der Waals surface area contributed by atoms with E-state index in [-0.39, 0.29) is 0 Å². The Morgan fingerprint density at radius 3 is 2.47 bits per heavy atom. The maximum absolute atomic E-state index is 6.06. The van der Waals surface area contributed by atoms with Crippen molar-refractivity contribution in [3.05, 3.63) is 35.9 Å². The molecule has 2 rings (SSSR count). The molecule has 1 heterocycles. The van der Waals surface area contributed by atoms with Gasteiger partial charge in [-0.25, -0.2) is 0 Å². The maximum atomic E-state index is 6.06. The van der Waals surface area contributed by atoms with Gasteiger partial charge < -0.3 is 9.16 Å². The van der Waals surface area contributed by atoms with E-state index in [1.807, 2.05) is 13.0 Å². The van der Waals surface area contributed by atoms with Gasteiger partial charge in [-0.15, -0.1) is 0 Å². The van der Waals surface area contributed by atoms with Crippen molar-refractivity contribution < 1.29 is 9.16 Å². The van der Waals surface area contributed by atoms with Gasteiger partial charge in [-0.1, -0.05) is 30.3 Å². The molecule has 1 aromatic carbocycles. The van der Waals surface area contributed by atoms with E-state index in [2.05, 4.69) is 37.4 Å². The molecule has 0 aliphatic carbocycles. The molecule has 1 aliphatic rings. The van der Waals surface area contributed by atoms with Gasteiger partial charge in [0.1, 0.15) is 0 Å². The Balaban J connectivity index is 2.07. The first-order valence-corrected chi connectivity index (χ1v) is 8.49. The zero-order valence-electron chi connectivity index (χ0n) is 9.62. The summed E-state index contributed by atoms with van der Waals surface area (Å²) in [7, 11) is -1.55. The average molecular weight is 222 g/mol. The van der Waals surface area contributed by atoms with Crippen LogP contribution in [0.4, 0.5) is 0 Å². The summed E-state index contributed by atoms with van der Waals surface area (Å²) in [5.74, 6) is -0.406. The summed E-state index contributed by atoms with van der Waals surface area (Å²) in [6.45, 7) is 6.44. The Labute approximate surface area is 92.3 Å². The van der Waals surface area contributed by atoms with Crippen LogP contribution in [0.3, 0.4) is 0 Å². The zero-order valence-corrected chi connectivity index (χ0v) is 10.6. The second kappa shape index (κ2) is 3.74. The van der Waals surface area contributed by atoms with Crippen molar-refractivity contribution >= 4 is 8.32 Å². The molecule has 1 aliphatic heterocycles. The summed E-state index contributed by atoms with van der Waals surface area (Å²) in [6.07, 6.45) is 1.64. The molecule has 0 radical (unpaired) electrons. The van der Waals surface area contributed by atoms with Gasteiger partial charge in [-0.05, 0) is 25.6 Å². The van der Waals surface area contributed by atoms with Gasteiger partial charge in [-0.3, -0.25) is 0 Å². The van der Waals surface area contributed by atoms with E-state index >= 15 is 0 Å². The lowest BCUT2D eigenvalue weighted by atomic mass is 10.1. The highest BCUT2D eigenvalue weighted by Gasteiger charge is 2.43. The molecular weight excluding hydrogens is 204 g/mol. The minimum absolute atomic E-state index is 0.406. The van der Waals surface area contributed by atoms with Crippen molar-refractivity contribution in [2.24, 2.45) is 0 Å². The van der Waals surface area contributed by atoms with Gasteiger partial charge >= 0.3 is 0 Å². The third-order valence-electron chi connectivity index (χ3n) is 2.59. The quantitative estimate of drug-likeness (QED) is 0.716. The molecule has 0 aromatic heterocycles. The molecule has 82 valence electrons. The molecule has 3 heteroatoms. The minimum atomic E-state index is -1.55. The Bertz CT molecular complexity index is 337. The first-order chi connectivity index (χ1) is 6.99. The van der Waals surface area contributed by atoms with Gasteiger partial charge in [0.2, 0.25) is 8.32 Å². The van der Waals surface area contributed by atoms with Crippen LogP contribution < -0.4 is 0 Å². The minimum Gasteiger partial charge on any atom is -0.388 e. The van der Waals surface area contributed by atoms with Crippen LogP contribution in [0.1, 0.15) is 12.5 Å². The number of benzene rings is 1. The highest BCUT2D eigenvalue weighted by Crippen LogP contribution is 2.30. The van der Waals surface area contributed by atoms with Crippen molar-refractivity contribution in [3.8, 4) is 0 Å². The van der Waals surface area contributed by atoms with Crippen LogP contribution >= 0.6 is 0 Å². The Morgan fingerprint density at radius 1 is 1.27 bits per heavy atom. The first-order valence-electron chi connectivity index (χ1n) is 5.37. The topological polar surface area (TPSA) is 18.5 Å². The van der Waals surface area contributed by atoms with Crippen molar-refractivity contribution in [2.75, 3.05) is 6.23 Å². The number of ether oxygens (including phenoxy) is 1. The van der Waals surface area contributed by atoms with E-state index in [4.69, 9.17) is 9.16 Å². The molecule has 0 bridgehead atoms. The maximum Gasteiger partial charge on any atom is 0.215 e. The molecule has 1 atom stereocenters. The highest BCUT2D eigenvalue weighted by molar-refractivity contribution is 6.71. The third-order valence-corrected chi connectivity index (χ3v) is 4.41. The van der Waals surface area contributed by atoms with Crippen molar-refractivity contribution in [3.63, 3.8) is 0 Å². The van der Waals surface area contributed by atoms with E-state index in [0.29, 0.717) is 0 Å². The zero-order chi connectivity index (χ0) is 10.9. The molecule has 0 amide bonds. The summed E-state index contributed by atoms with van der Waals surface area (Å²) < 4.78 is 11.9. The van der Waals surface area contributed by atoms with Crippen LogP contribution in [0.2, 0.25) is 13.1 Å². The predicted octanol–water partition coefficient (Wildman–Crippen LogP) is 2.74. The van der Waals surface area contributed by atoms with Crippen LogP contribution in [-0.4, -0.2) is 20.3 Å². The third kappa shape index (κ3) is 2.68. The van der Waals surface area contributed by atoms with Gasteiger partial charge in [0, 0.05) is 6.42 Å². The molecule has 1 aromatic rings. The van der Waals surface area contributed by atoms with Crippen LogP contribution in [-0.2, 0) is 15.6 Å². The smallest absolute Gasteiger partial charge is 0.215 e. The van der Waals surface area contributed by atoms with E-state index in [1.54, 1.807) is 0 Å². The largest absolute Gasteiger partial charge is 0.388 e. The van der Waals surface area contributed by atoms with Crippen molar-refractivity contribution in [2.45, 2.75) is 32.2 Å². The number of rotatable bonds is 2. The molecule has 0 saturated carbocycles. The van der Waals surface area contributed by atoms with Gasteiger partial charge in [-0.2, -0.15) is 0 Å². The Hall–Kier alpha value is -0.643. The average Bonchev–Trinajstić information content (AvgIpc) is 2.42. The lowest BCUT2D eigenvalue weighted by molar-refractivity contribution is -0.121. The monoisotopic (exact) mass is 222 g/mol. The Kier molecular flexibility index (Phi) is 2.71. The predicted molar refractivity (Wildman–Crippen MR) is 63.1 cm³/mol. The fraction of sp³-hybridized carbons (Fsp3) is 0.500. The SMILES string of the molecule is CC1(Cc2ccccc2)OC[Si](C)(C)O1. The summed E-state index contributed by atoms with van der Waals surface area (Å²) in [6, 6.07) is 10.4. The summed E-state index contributed by atoms with van der Waals surface area (Å²) >= 11 is 0. The molecule has 0 spiro atoms. The molecular formula is C12H18O2Si. The summed E-state index contributed by atoms with van der Waals surface area (Å²) in [5.41, 5.74) is 1.27. The van der Waals surface area contributed by atoms with Gasteiger partial charge in [0.15, 0.2) is 5.79 Å². The second-order valence-corrected chi connectivity index (χ2v) is 8.96. The molecule has 1 unspecified atom stereocenters. The lowest BCUT2D eigenvalue weighted by Gasteiger charge is -2.25. The van der Waals surface area contributed by atoms with E-state index in [1.165, 1.54) is 5.56 Å². The summed E-state index contributed by atoms with van der Waals surface area (Å²) in [4.78, 5) is 0. The van der Waals surface area contributed by atoms with E-state index in [0.717, 1.165) is 12.7 Å². The van der Waals surface area contributed by atoms with Crippen LogP contribution in [0, 0.1) is 0 Å². The fourth-order valence-corrected chi connectivity index (χ4v) is 4.04. The number of hydrogen-bond acceptors (Lipinski definition) is 2. The van der Waals surface area contributed by atoms with Gasteiger partial charge in [0.05, 0.1) is 6.23 Å². The normalized spacial score (nSPS) is 29.3. The molecule has 15 heavy (non-hydrogen) atoms. The van der Waals surface area contributed by atoms with Gasteiger partial charge in [0.25, 0.3) is 0 Å². The Morgan fingerprint density at radius 2 is 1.93 bits per heavy atom. The van der Waals surface area contributed by atoms with Crippen LogP contribution in [0.5, 0.6) is 0 Å². The molecule has 1 fully saturated rings. The van der Waals surface area contributed by atoms with E-state index in [9.17, 15) is 0 Å². The molecule has 2 nitrogen and oxygen atoms in total. The van der Waals surface area contributed by atoms with E-state index < -0.39 is 14.1 Å². The summed E-state index contributed by atoms with van der Waals surface area (Å²) in [5, 5.41) is 0. The van der Waals surface area contributed by atoms with Crippen molar-refractivity contribution in [1.29, 1.82) is 0 Å². The standard InChI is InChI=1S/C12H18O2Si/c1-12(13-10-15(2,3)14-12)9-11-7-5-4-6-8-11/h4-8H,9-10H2,1-3H3. The number of hydrogen-bond donors (Lipinski definition) is 0. The van der Waals surface area contributed by atoms with Crippen LogP contribution in [0.15, 0.2) is 30.3 Å².